The number of nitrogens with zero attached hydrogens (tertiary/aromatic N) is 1. The molecule has 0 fully saturated rings. The van der Waals surface area contributed by atoms with Crippen LogP contribution >= 0.6 is 27.3 Å². The van der Waals surface area contributed by atoms with Crippen LogP contribution in [0, 0.1) is 0 Å². The quantitative estimate of drug-likeness (QED) is 0.938. The number of aromatic hydroxyl groups is 1. The van der Waals surface area contributed by atoms with Gasteiger partial charge in [-0.1, -0.05) is 15.9 Å². The number of hydrogen-bond donors (Lipinski definition) is 1. The van der Waals surface area contributed by atoms with Crippen molar-refractivity contribution in [2.45, 2.75) is 6.54 Å². The van der Waals surface area contributed by atoms with Crippen molar-refractivity contribution in [3.63, 3.8) is 0 Å². The minimum absolute atomic E-state index is 0.00783. The molecule has 3 nitrogen and oxygen atoms in total. The topological polar surface area (TPSA) is 40.5 Å². The molecule has 0 atom stereocenters. The predicted octanol–water partition coefficient (Wildman–Crippen LogP) is 3.49. The van der Waals surface area contributed by atoms with Gasteiger partial charge in [-0.05, 0) is 40.6 Å². The average molecular weight is 326 g/mol. The molecule has 0 aliphatic carbocycles. The lowest BCUT2D eigenvalue weighted by Gasteiger charge is -2.17. The second kappa shape index (κ2) is 5.54. The second-order valence-corrected chi connectivity index (χ2v) is 5.65. The summed E-state index contributed by atoms with van der Waals surface area (Å²) in [7, 11) is 1.72. The molecule has 0 aliphatic rings. The highest BCUT2D eigenvalue weighted by Crippen LogP contribution is 2.23. The van der Waals surface area contributed by atoms with Gasteiger partial charge in [-0.2, -0.15) is 11.3 Å². The molecule has 1 aromatic heterocycles. The van der Waals surface area contributed by atoms with Crippen LogP contribution in [0.3, 0.4) is 0 Å². The van der Waals surface area contributed by atoms with Crippen molar-refractivity contribution in [3.8, 4) is 5.75 Å². The van der Waals surface area contributed by atoms with E-state index in [9.17, 15) is 9.90 Å². The fourth-order valence-corrected chi connectivity index (χ4v) is 2.63. The summed E-state index contributed by atoms with van der Waals surface area (Å²) in [5.41, 5.74) is 1.41. The molecule has 1 aromatic carbocycles. The van der Waals surface area contributed by atoms with Gasteiger partial charge in [0.15, 0.2) is 0 Å². The number of thiophene rings is 1. The van der Waals surface area contributed by atoms with E-state index in [1.165, 1.54) is 6.07 Å². The Hall–Kier alpha value is -1.33. The number of benzene rings is 1. The van der Waals surface area contributed by atoms with Crippen molar-refractivity contribution in [1.82, 2.24) is 4.90 Å². The fraction of sp³-hybridized carbons (Fsp3) is 0.154. The van der Waals surface area contributed by atoms with E-state index in [-0.39, 0.29) is 11.7 Å². The molecule has 0 radical (unpaired) electrons. The maximum absolute atomic E-state index is 12.2. The third-order valence-corrected chi connectivity index (χ3v) is 3.76. The van der Waals surface area contributed by atoms with Crippen LogP contribution < -0.4 is 0 Å². The number of rotatable bonds is 3. The molecule has 1 N–H and O–H groups in total. The zero-order valence-corrected chi connectivity index (χ0v) is 12.2. The fourth-order valence-electron chi connectivity index (χ4n) is 1.62. The van der Waals surface area contributed by atoms with Crippen molar-refractivity contribution in [2.24, 2.45) is 0 Å². The summed E-state index contributed by atoms with van der Waals surface area (Å²) in [6.45, 7) is 0.540. The molecule has 1 heterocycles. The Morgan fingerprint density at radius 2 is 2.22 bits per heavy atom. The summed E-state index contributed by atoms with van der Waals surface area (Å²) in [5, 5.41) is 13.7. The third-order valence-electron chi connectivity index (χ3n) is 2.54. The molecule has 0 saturated carbocycles. The van der Waals surface area contributed by atoms with Crippen molar-refractivity contribution in [3.05, 3.63) is 50.6 Å². The van der Waals surface area contributed by atoms with E-state index in [0.29, 0.717) is 12.1 Å². The van der Waals surface area contributed by atoms with Crippen LogP contribution in [0.5, 0.6) is 5.75 Å². The largest absolute Gasteiger partial charge is 0.507 e. The van der Waals surface area contributed by atoms with E-state index in [0.717, 1.165) is 10.0 Å². The number of hydrogen-bond acceptors (Lipinski definition) is 3. The molecule has 18 heavy (non-hydrogen) atoms. The van der Waals surface area contributed by atoms with E-state index in [1.807, 2.05) is 16.8 Å². The van der Waals surface area contributed by atoms with E-state index in [2.05, 4.69) is 15.9 Å². The standard InChI is InChI=1S/C13H12BrNO2S/c1-15(7-9-4-5-18-8-9)13(17)11-3-2-10(14)6-12(11)16/h2-6,8,16H,7H2,1H3. The van der Waals surface area contributed by atoms with Crippen molar-refractivity contribution < 1.29 is 9.90 Å². The van der Waals surface area contributed by atoms with Gasteiger partial charge in [0, 0.05) is 18.1 Å². The first-order chi connectivity index (χ1) is 8.58. The first-order valence-electron chi connectivity index (χ1n) is 5.33. The lowest BCUT2D eigenvalue weighted by Crippen LogP contribution is -2.26. The summed E-state index contributed by atoms with van der Waals surface area (Å²) < 4.78 is 0.747. The van der Waals surface area contributed by atoms with Crippen LogP contribution in [0.2, 0.25) is 0 Å². The molecule has 0 saturated heterocycles. The highest BCUT2D eigenvalue weighted by molar-refractivity contribution is 9.10. The second-order valence-electron chi connectivity index (χ2n) is 3.95. The number of halogens is 1. The maximum Gasteiger partial charge on any atom is 0.257 e. The van der Waals surface area contributed by atoms with Gasteiger partial charge in [-0.25, -0.2) is 0 Å². The van der Waals surface area contributed by atoms with Gasteiger partial charge in [-0.3, -0.25) is 4.79 Å². The number of phenolic OH excluding ortho intramolecular Hbond substituents is 1. The number of amides is 1. The van der Waals surface area contributed by atoms with Crippen LogP contribution in [-0.4, -0.2) is 23.0 Å². The zero-order chi connectivity index (χ0) is 13.1. The zero-order valence-electron chi connectivity index (χ0n) is 9.76. The van der Waals surface area contributed by atoms with Crippen molar-refractivity contribution >= 4 is 33.2 Å². The van der Waals surface area contributed by atoms with Gasteiger partial charge in [-0.15, -0.1) is 0 Å². The normalized spacial score (nSPS) is 10.3. The van der Waals surface area contributed by atoms with E-state index >= 15 is 0 Å². The Morgan fingerprint density at radius 3 is 2.83 bits per heavy atom. The monoisotopic (exact) mass is 325 g/mol. The Bertz CT molecular complexity index is 554. The molecule has 94 valence electrons. The predicted molar refractivity (Wildman–Crippen MR) is 75.9 cm³/mol. The maximum atomic E-state index is 12.2. The van der Waals surface area contributed by atoms with Crippen molar-refractivity contribution in [2.75, 3.05) is 7.05 Å². The molecule has 2 rings (SSSR count). The summed E-state index contributed by atoms with van der Waals surface area (Å²) in [6, 6.07) is 6.86. The van der Waals surface area contributed by atoms with E-state index < -0.39 is 0 Å². The molecular weight excluding hydrogens is 314 g/mol. The smallest absolute Gasteiger partial charge is 0.257 e. The molecule has 0 unspecified atom stereocenters. The highest BCUT2D eigenvalue weighted by Gasteiger charge is 2.16. The molecule has 2 aromatic rings. The van der Waals surface area contributed by atoms with Gasteiger partial charge in [0.25, 0.3) is 5.91 Å². The van der Waals surface area contributed by atoms with Crippen LogP contribution in [-0.2, 0) is 6.54 Å². The number of carbonyl (C=O) groups is 1. The summed E-state index contributed by atoms with van der Waals surface area (Å²) in [5.74, 6) is -0.197. The molecule has 0 spiro atoms. The lowest BCUT2D eigenvalue weighted by molar-refractivity contribution is 0.0782. The summed E-state index contributed by atoms with van der Waals surface area (Å²) in [6.07, 6.45) is 0. The molecule has 1 amide bonds. The first-order valence-corrected chi connectivity index (χ1v) is 7.06. The van der Waals surface area contributed by atoms with Gasteiger partial charge in [0.2, 0.25) is 0 Å². The van der Waals surface area contributed by atoms with Crippen LogP contribution in [0.25, 0.3) is 0 Å². The van der Waals surface area contributed by atoms with Crippen molar-refractivity contribution in [1.29, 1.82) is 0 Å². The number of carbonyl (C=O) groups excluding carboxylic acids is 1. The summed E-state index contributed by atoms with van der Waals surface area (Å²) >= 11 is 4.85. The average Bonchev–Trinajstić information content (AvgIpc) is 2.81. The molecule has 0 aliphatic heterocycles. The van der Waals surface area contributed by atoms with Crippen LogP contribution in [0.15, 0.2) is 39.5 Å². The van der Waals surface area contributed by atoms with Gasteiger partial charge >= 0.3 is 0 Å². The Kier molecular flexibility index (Phi) is 4.04. The summed E-state index contributed by atoms with van der Waals surface area (Å²) in [4.78, 5) is 13.7. The lowest BCUT2D eigenvalue weighted by atomic mass is 10.1. The van der Waals surface area contributed by atoms with Crippen LogP contribution in [0.4, 0.5) is 0 Å². The minimum Gasteiger partial charge on any atom is -0.507 e. The first kappa shape index (κ1) is 13.1. The highest BCUT2D eigenvalue weighted by atomic mass is 79.9. The van der Waals surface area contributed by atoms with Gasteiger partial charge in [0.1, 0.15) is 5.75 Å². The molecular formula is C13H12BrNO2S. The van der Waals surface area contributed by atoms with Gasteiger partial charge < -0.3 is 10.0 Å². The van der Waals surface area contributed by atoms with E-state index in [1.54, 1.807) is 35.4 Å². The SMILES string of the molecule is CN(Cc1ccsc1)C(=O)c1ccc(Br)cc1O. The van der Waals surface area contributed by atoms with Gasteiger partial charge in [0.05, 0.1) is 5.56 Å². The third kappa shape index (κ3) is 2.91. The van der Waals surface area contributed by atoms with Crippen LogP contribution in [0.1, 0.15) is 15.9 Å². The molecule has 0 bridgehead atoms. The number of phenols is 1. The Morgan fingerprint density at radius 1 is 1.44 bits per heavy atom. The molecule has 5 heteroatoms. The minimum atomic E-state index is -0.189. The Balaban J connectivity index is 2.15. The van der Waals surface area contributed by atoms with E-state index in [4.69, 9.17) is 0 Å². The Labute approximate surface area is 118 Å².